The minimum Gasteiger partial charge on any atom is -0.363 e. The summed E-state index contributed by atoms with van der Waals surface area (Å²) in [4.78, 5) is 15.7. The second kappa shape index (κ2) is 4.99. The van der Waals surface area contributed by atoms with Gasteiger partial charge in [0.05, 0.1) is 6.54 Å². The third-order valence-electron chi connectivity index (χ3n) is 1.72. The minimum atomic E-state index is -0.228. The summed E-state index contributed by atoms with van der Waals surface area (Å²) in [6, 6.07) is 0. The number of anilines is 1. The summed E-state index contributed by atoms with van der Waals surface area (Å²) in [5.74, 6) is -0.228. The molecule has 0 saturated carbocycles. The lowest BCUT2D eigenvalue weighted by atomic mass is 10.6. The van der Waals surface area contributed by atoms with E-state index in [0.717, 1.165) is 5.01 Å². The Labute approximate surface area is 99.8 Å². The molecule has 6 nitrogen and oxygen atoms in total. The van der Waals surface area contributed by atoms with Crippen LogP contribution in [0.2, 0.25) is 0 Å². The molecule has 0 saturated heterocycles. The van der Waals surface area contributed by atoms with Gasteiger partial charge in [-0.3, -0.25) is 4.79 Å². The molecule has 0 atom stereocenters. The number of hydrogen-bond donors (Lipinski definition) is 2. The molecule has 0 radical (unpaired) electrons. The maximum absolute atomic E-state index is 11.6. The molecule has 16 heavy (non-hydrogen) atoms. The molecule has 0 aromatic carbocycles. The van der Waals surface area contributed by atoms with Gasteiger partial charge in [-0.15, -0.1) is 21.5 Å². The first-order valence-electron chi connectivity index (χ1n) is 4.47. The van der Waals surface area contributed by atoms with E-state index in [4.69, 9.17) is 0 Å². The maximum Gasteiger partial charge on any atom is 0.282 e. The van der Waals surface area contributed by atoms with E-state index >= 15 is 0 Å². The molecule has 0 fully saturated rings. The van der Waals surface area contributed by atoms with Crippen molar-refractivity contribution in [1.82, 2.24) is 20.5 Å². The van der Waals surface area contributed by atoms with Crippen molar-refractivity contribution in [2.45, 2.75) is 6.54 Å². The zero-order valence-electron chi connectivity index (χ0n) is 8.43. The van der Waals surface area contributed by atoms with Crippen LogP contribution in [0.1, 0.15) is 14.8 Å². The fraction of sp³-hybridized carbons (Fsp3) is 0.250. The average molecular weight is 255 g/mol. The lowest BCUT2D eigenvalue weighted by Gasteiger charge is -1.98. The van der Waals surface area contributed by atoms with E-state index in [1.54, 1.807) is 13.2 Å². The predicted molar refractivity (Wildman–Crippen MR) is 62.7 cm³/mol. The number of carbonyl (C=O) groups excluding carboxylic acids is 1. The smallest absolute Gasteiger partial charge is 0.282 e. The van der Waals surface area contributed by atoms with Gasteiger partial charge in [0.25, 0.3) is 5.91 Å². The molecule has 0 aliphatic rings. The molecule has 2 N–H and O–H groups in total. The lowest BCUT2D eigenvalue weighted by Crippen LogP contribution is -2.22. The van der Waals surface area contributed by atoms with E-state index in [9.17, 15) is 4.79 Å². The fourth-order valence-electron chi connectivity index (χ4n) is 0.988. The number of rotatable bonds is 4. The van der Waals surface area contributed by atoms with Gasteiger partial charge in [0.1, 0.15) is 5.01 Å². The number of nitrogens with one attached hydrogen (secondary N) is 2. The monoisotopic (exact) mass is 255 g/mol. The van der Waals surface area contributed by atoms with Gasteiger partial charge in [0.15, 0.2) is 0 Å². The van der Waals surface area contributed by atoms with Crippen molar-refractivity contribution >= 4 is 33.7 Å². The highest BCUT2D eigenvalue weighted by Gasteiger charge is 2.11. The number of aromatic nitrogens is 3. The minimum absolute atomic E-state index is 0.228. The molecule has 0 aliphatic carbocycles. The van der Waals surface area contributed by atoms with Gasteiger partial charge in [-0.1, -0.05) is 11.3 Å². The van der Waals surface area contributed by atoms with Crippen LogP contribution >= 0.6 is 22.7 Å². The molecule has 0 bridgehead atoms. The van der Waals surface area contributed by atoms with Gasteiger partial charge < -0.3 is 10.6 Å². The second-order valence-electron chi connectivity index (χ2n) is 2.77. The van der Waals surface area contributed by atoms with Gasteiger partial charge in [-0.25, -0.2) is 4.98 Å². The topological polar surface area (TPSA) is 79.8 Å². The Morgan fingerprint density at radius 2 is 2.38 bits per heavy atom. The van der Waals surface area contributed by atoms with E-state index in [0.29, 0.717) is 16.7 Å². The third kappa shape index (κ3) is 2.52. The quantitative estimate of drug-likeness (QED) is 0.851. The van der Waals surface area contributed by atoms with E-state index in [-0.39, 0.29) is 5.91 Å². The summed E-state index contributed by atoms with van der Waals surface area (Å²) in [5.41, 5.74) is 0. The van der Waals surface area contributed by atoms with Gasteiger partial charge in [0.2, 0.25) is 10.1 Å². The Morgan fingerprint density at radius 3 is 3.00 bits per heavy atom. The van der Waals surface area contributed by atoms with Crippen LogP contribution in [0.4, 0.5) is 5.13 Å². The molecule has 2 heterocycles. The molecule has 84 valence electrons. The molecular weight excluding hydrogens is 246 g/mol. The molecule has 2 aromatic rings. The Morgan fingerprint density at radius 1 is 1.50 bits per heavy atom. The van der Waals surface area contributed by atoms with Gasteiger partial charge in [0, 0.05) is 18.6 Å². The summed E-state index contributed by atoms with van der Waals surface area (Å²) in [5, 5.41) is 16.8. The van der Waals surface area contributed by atoms with Crippen LogP contribution in [0.5, 0.6) is 0 Å². The van der Waals surface area contributed by atoms with Crippen molar-refractivity contribution in [3.8, 4) is 0 Å². The summed E-state index contributed by atoms with van der Waals surface area (Å²) >= 11 is 2.71. The van der Waals surface area contributed by atoms with E-state index in [1.807, 2.05) is 5.38 Å². The summed E-state index contributed by atoms with van der Waals surface area (Å²) in [6.07, 6.45) is 1.70. The third-order valence-corrected chi connectivity index (χ3v) is 3.44. The second-order valence-corrected chi connectivity index (χ2v) is 4.73. The van der Waals surface area contributed by atoms with Crippen molar-refractivity contribution in [3.05, 3.63) is 21.6 Å². The van der Waals surface area contributed by atoms with Gasteiger partial charge in [-0.05, 0) is 0 Å². The zero-order chi connectivity index (χ0) is 11.4. The van der Waals surface area contributed by atoms with Crippen LogP contribution in [-0.2, 0) is 6.54 Å². The van der Waals surface area contributed by atoms with Crippen molar-refractivity contribution < 1.29 is 4.79 Å². The molecule has 2 rings (SSSR count). The zero-order valence-corrected chi connectivity index (χ0v) is 10.1. The molecule has 2 aromatic heterocycles. The van der Waals surface area contributed by atoms with Crippen LogP contribution in [0.15, 0.2) is 11.6 Å². The Bertz CT molecular complexity index is 466. The first-order chi connectivity index (χ1) is 7.79. The van der Waals surface area contributed by atoms with Gasteiger partial charge >= 0.3 is 0 Å². The van der Waals surface area contributed by atoms with Crippen LogP contribution in [0.25, 0.3) is 0 Å². The standard InChI is InChI=1S/C8H9N5OS2/c1-9-8-13-12-7(16-8)6(14)11-4-5-10-2-3-15-5/h2-3H,4H2,1H3,(H,9,13)(H,11,14). The summed E-state index contributed by atoms with van der Waals surface area (Å²) < 4.78 is 0. The Kier molecular flexibility index (Phi) is 3.42. The van der Waals surface area contributed by atoms with Crippen LogP contribution in [-0.4, -0.2) is 28.1 Å². The number of nitrogens with zero attached hydrogens (tertiary/aromatic N) is 3. The van der Waals surface area contributed by atoms with Gasteiger partial charge in [-0.2, -0.15) is 0 Å². The van der Waals surface area contributed by atoms with E-state index < -0.39 is 0 Å². The number of thiazole rings is 1. The Balaban J connectivity index is 1.93. The van der Waals surface area contributed by atoms with E-state index in [1.165, 1.54) is 22.7 Å². The highest BCUT2D eigenvalue weighted by atomic mass is 32.1. The predicted octanol–water partition coefficient (Wildman–Crippen LogP) is 0.966. The molecule has 1 amide bonds. The first-order valence-corrected chi connectivity index (χ1v) is 6.17. The first kappa shape index (κ1) is 11.0. The SMILES string of the molecule is CNc1nnc(C(=O)NCc2nccs2)s1. The van der Waals surface area contributed by atoms with Crippen molar-refractivity contribution in [2.24, 2.45) is 0 Å². The highest BCUT2D eigenvalue weighted by molar-refractivity contribution is 7.17. The van der Waals surface area contributed by atoms with Crippen molar-refractivity contribution in [3.63, 3.8) is 0 Å². The Hall–Kier alpha value is -1.54. The largest absolute Gasteiger partial charge is 0.363 e. The normalized spacial score (nSPS) is 10.1. The van der Waals surface area contributed by atoms with Crippen LogP contribution in [0.3, 0.4) is 0 Å². The van der Waals surface area contributed by atoms with Crippen LogP contribution < -0.4 is 10.6 Å². The maximum atomic E-state index is 11.6. The van der Waals surface area contributed by atoms with Crippen LogP contribution in [0, 0.1) is 0 Å². The van der Waals surface area contributed by atoms with Crippen molar-refractivity contribution in [2.75, 3.05) is 12.4 Å². The molecular formula is C8H9N5OS2. The summed E-state index contributed by atoms with van der Waals surface area (Å²) in [7, 11) is 1.73. The average Bonchev–Trinajstić information content (AvgIpc) is 2.96. The number of amides is 1. The fourth-order valence-corrected chi connectivity index (χ4v) is 2.16. The van der Waals surface area contributed by atoms with Crippen molar-refractivity contribution in [1.29, 1.82) is 0 Å². The molecule has 0 spiro atoms. The molecule has 0 aliphatic heterocycles. The van der Waals surface area contributed by atoms with E-state index in [2.05, 4.69) is 25.8 Å². The molecule has 0 unspecified atom stereocenters. The molecule has 8 heteroatoms. The number of carbonyl (C=O) groups is 1. The highest BCUT2D eigenvalue weighted by Crippen LogP contribution is 2.14. The number of hydrogen-bond acceptors (Lipinski definition) is 7. The lowest BCUT2D eigenvalue weighted by molar-refractivity contribution is 0.0950. The summed E-state index contributed by atoms with van der Waals surface area (Å²) in [6.45, 7) is 0.422.